The maximum absolute atomic E-state index is 10.9. The first-order valence-electron chi connectivity index (χ1n) is 5.20. The first kappa shape index (κ1) is 12.6. The Bertz CT molecular complexity index is 360. The molecule has 0 fully saturated rings. The molecule has 0 aliphatic carbocycles. The third-order valence-corrected chi connectivity index (χ3v) is 2.15. The van der Waals surface area contributed by atoms with Crippen LogP contribution in [0.1, 0.15) is 30.0 Å². The Morgan fingerprint density at radius 3 is 2.75 bits per heavy atom. The van der Waals surface area contributed by atoms with E-state index in [1.807, 2.05) is 13.8 Å². The smallest absolute Gasteiger partial charge is 0.358 e. The molecule has 0 aliphatic heterocycles. The number of hydrogen-bond acceptors (Lipinski definition) is 4. The Kier molecular flexibility index (Phi) is 4.42. The van der Waals surface area contributed by atoms with E-state index < -0.39 is 5.97 Å². The zero-order chi connectivity index (χ0) is 12.1. The van der Waals surface area contributed by atoms with Gasteiger partial charge in [0.2, 0.25) is 0 Å². The van der Waals surface area contributed by atoms with Crippen LogP contribution < -0.4 is 0 Å². The van der Waals surface area contributed by atoms with E-state index in [2.05, 4.69) is 10.3 Å². The van der Waals surface area contributed by atoms with Gasteiger partial charge in [-0.3, -0.25) is 0 Å². The number of carboxylic acids is 1. The predicted octanol–water partition coefficient (Wildman–Crippen LogP) is 0.821. The number of rotatable bonds is 6. The van der Waals surface area contributed by atoms with Crippen LogP contribution in [0, 0.1) is 5.92 Å². The lowest BCUT2D eigenvalue weighted by Gasteiger charge is -2.08. The molecule has 0 aliphatic rings. The van der Waals surface area contributed by atoms with Crippen molar-refractivity contribution in [1.29, 1.82) is 0 Å². The average molecular weight is 227 g/mol. The van der Waals surface area contributed by atoms with E-state index in [4.69, 9.17) is 9.84 Å². The molecule has 0 atom stereocenters. The number of methoxy groups -OCH3 is 1. The number of hydrogen-bond donors (Lipinski definition) is 1. The van der Waals surface area contributed by atoms with E-state index in [0.29, 0.717) is 31.2 Å². The molecule has 1 rings (SSSR count). The maximum atomic E-state index is 10.9. The summed E-state index contributed by atoms with van der Waals surface area (Å²) < 4.78 is 6.54. The third-order valence-electron chi connectivity index (χ3n) is 2.15. The van der Waals surface area contributed by atoms with E-state index >= 15 is 0 Å². The highest BCUT2D eigenvalue weighted by Gasteiger charge is 2.19. The lowest BCUT2D eigenvalue weighted by Crippen LogP contribution is -2.13. The van der Waals surface area contributed by atoms with Crippen LogP contribution in [0.25, 0.3) is 0 Å². The lowest BCUT2D eigenvalue weighted by atomic mass is 10.1. The van der Waals surface area contributed by atoms with Gasteiger partial charge in [-0.15, -0.1) is 5.10 Å². The average Bonchev–Trinajstić information content (AvgIpc) is 2.57. The van der Waals surface area contributed by atoms with Crippen molar-refractivity contribution in [1.82, 2.24) is 15.0 Å². The minimum Gasteiger partial charge on any atom is -0.476 e. The Hall–Kier alpha value is -1.43. The Balaban J connectivity index is 2.94. The normalized spacial score (nSPS) is 11.0. The van der Waals surface area contributed by atoms with Crippen molar-refractivity contribution in [3.8, 4) is 0 Å². The van der Waals surface area contributed by atoms with Crippen LogP contribution in [0.3, 0.4) is 0 Å². The number of carbonyl (C=O) groups is 1. The zero-order valence-electron chi connectivity index (χ0n) is 9.80. The molecule has 1 N–H and O–H groups in total. The van der Waals surface area contributed by atoms with Gasteiger partial charge < -0.3 is 9.84 Å². The Morgan fingerprint density at radius 1 is 1.56 bits per heavy atom. The van der Waals surface area contributed by atoms with E-state index in [0.717, 1.165) is 0 Å². The summed E-state index contributed by atoms with van der Waals surface area (Å²) in [6.45, 7) is 5.07. The SMILES string of the molecule is COCCn1nnc(C(=O)O)c1CC(C)C. The van der Waals surface area contributed by atoms with E-state index in [-0.39, 0.29) is 5.69 Å². The van der Waals surface area contributed by atoms with Crippen molar-refractivity contribution in [2.75, 3.05) is 13.7 Å². The third kappa shape index (κ3) is 3.03. The van der Waals surface area contributed by atoms with Crippen LogP contribution in [-0.2, 0) is 17.7 Å². The summed E-state index contributed by atoms with van der Waals surface area (Å²) in [6, 6.07) is 0. The van der Waals surface area contributed by atoms with Crippen LogP contribution in [0.15, 0.2) is 0 Å². The molecule has 6 heteroatoms. The van der Waals surface area contributed by atoms with Crippen LogP contribution in [0.5, 0.6) is 0 Å². The predicted molar refractivity (Wildman–Crippen MR) is 57.4 cm³/mol. The molecule has 1 heterocycles. The van der Waals surface area contributed by atoms with E-state index in [1.165, 1.54) is 0 Å². The fourth-order valence-corrected chi connectivity index (χ4v) is 1.45. The molecule has 0 saturated heterocycles. The van der Waals surface area contributed by atoms with Gasteiger partial charge in [-0.25, -0.2) is 9.48 Å². The molecule has 0 bridgehead atoms. The number of ether oxygens (including phenoxy) is 1. The summed E-state index contributed by atoms with van der Waals surface area (Å²) in [5.41, 5.74) is 0.712. The standard InChI is InChI=1S/C10H17N3O3/c1-7(2)6-8-9(10(14)15)11-12-13(8)4-5-16-3/h7H,4-6H2,1-3H3,(H,14,15). The van der Waals surface area contributed by atoms with Crippen molar-refractivity contribution in [3.05, 3.63) is 11.4 Å². The summed E-state index contributed by atoms with van der Waals surface area (Å²) in [5, 5.41) is 16.5. The number of aromatic carboxylic acids is 1. The van der Waals surface area contributed by atoms with Crippen LogP contribution in [-0.4, -0.2) is 39.8 Å². The van der Waals surface area contributed by atoms with Crippen molar-refractivity contribution in [2.24, 2.45) is 5.92 Å². The first-order valence-corrected chi connectivity index (χ1v) is 5.20. The lowest BCUT2D eigenvalue weighted by molar-refractivity contribution is 0.0689. The molecular formula is C10H17N3O3. The van der Waals surface area contributed by atoms with Gasteiger partial charge in [0.15, 0.2) is 5.69 Å². The van der Waals surface area contributed by atoms with Gasteiger partial charge in [-0.05, 0) is 12.3 Å². The molecule has 6 nitrogen and oxygen atoms in total. The molecule has 90 valence electrons. The topological polar surface area (TPSA) is 77.2 Å². The Labute approximate surface area is 94.2 Å². The molecule has 1 aromatic rings. The Morgan fingerprint density at radius 2 is 2.25 bits per heavy atom. The molecule has 0 amide bonds. The second-order valence-corrected chi connectivity index (χ2v) is 4.00. The van der Waals surface area contributed by atoms with E-state index in [9.17, 15) is 4.79 Å². The fourth-order valence-electron chi connectivity index (χ4n) is 1.45. The summed E-state index contributed by atoms with van der Waals surface area (Å²) >= 11 is 0. The number of nitrogens with zero attached hydrogens (tertiary/aromatic N) is 3. The molecule has 0 aromatic carbocycles. The molecule has 1 aromatic heterocycles. The van der Waals surface area contributed by atoms with Crippen LogP contribution in [0.2, 0.25) is 0 Å². The minimum atomic E-state index is -1.03. The summed E-state index contributed by atoms with van der Waals surface area (Å²) in [5.74, 6) is -0.669. The molecule has 0 spiro atoms. The van der Waals surface area contributed by atoms with Crippen molar-refractivity contribution >= 4 is 5.97 Å². The molecule has 0 saturated carbocycles. The van der Waals surface area contributed by atoms with Crippen molar-refractivity contribution < 1.29 is 14.6 Å². The maximum Gasteiger partial charge on any atom is 0.358 e. The second-order valence-electron chi connectivity index (χ2n) is 4.00. The summed E-state index contributed by atoms with van der Waals surface area (Å²) in [6.07, 6.45) is 0.651. The quantitative estimate of drug-likeness (QED) is 0.778. The van der Waals surface area contributed by atoms with Gasteiger partial charge in [-0.2, -0.15) is 0 Å². The molecule has 16 heavy (non-hydrogen) atoms. The summed E-state index contributed by atoms with van der Waals surface area (Å²) in [7, 11) is 1.59. The first-order chi connectivity index (χ1) is 7.56. The van der Waals surface area contributed by atoms with Gasteiger partial charge in [0.25, 0.3) is 0 Å². The van der Waals surface area contributed by atoms with Gasteiger partial charge in [0.1, 0.15) is 0 Å². The van der Waals surface area contributed by atoms with Crippen LogP contribution >= 0.6 is 0 Å². The van der Waals surface area contributed by atoms with Gasteiger partial charge >= 0.3 is 5.97 Å². The summed E-state index contributed by atoms with van der Waals surface area (Å²) in [4.78, 5) is 10.9. The number of carboxylic acid groups (broad SMARTS) is 1. The van der Waals surface area contributed by atoms with Gasteiger partial charge in [0.05, 0.1) is 18.8 Å². The van der Waals surface area contributed by atoms with Crippen molar-refractivity contribution in [3.63, 3.8) is 0 Å². The monoisotopic (exact) mass is 227 g/mol. The largest absolute Gasteiger partial charge is 0.476 e. The van der Waals surface area contributed by atoms with Gasteiger partial charge in [0, 0.05) is 7.11 Å². The van der Waals surface area contributed by atoms with Crippen molar-refractivity contribution in [2.45, 2.75) is 26.8 Å². The van der Waals surface area contributed by atoms with Crippen LogP contribution in [0.4, 0.5) is 0 Å². The molecule has 0 unspecified atom stereocenters. The molecule has 0 radical (unpaired) electrons. The zero-order valence-corrected chi connectivity index (χ0v) is 9.80. The highest BCUT2D eigenvalue weighted by Crippen LogP contribution is 2.11. The minimum absolute atomic E-state index is 0.0461. The highest BCUT2D eigenvalue weighted by atomic mass is 16.5. The highest BCUT2D eigenvalue weighted by molar-refractivity contribution is 5.86. The second kappa shape index (κ2) is 5.60. The van der Waals surface area contributed by atoms with E-state index in [1.54, 1.807) is 11.8 Å². The molecular weight excluding hydrogens is 210 g/mol. The number of aromatic nitrogens is 3. The fraction of sp³-hybridized carbons (Fsp3) is 0.700. The van der Waals surface area contributed by atoms with Gasteiger partial charge in [-0.1, -0.05) is 19.1 Å².